The number of nitrogens with one attached hydrogen (secondary N) is 2. The second kappa shape index (κ2) is 7.28. The molecule has 0 bridgehead atoms. The molecule has 21 heavy (non-hydrogen) atoms. The number of anilines is 2. The summed E-state index contributed by atoms with van der Waals surface area (Å²) < 4.78 is 0. The van der Waals surface area contributed by atoms with Gasteiger partial charge in [-0.15, -0.1) is 0 Å². The van der Waals surface area contributed by atoms with E-state index in [0.717, 1.165) is 18.3 Å². The van der Waals surface area contributed by atoms with E-state index in [1.54, 1.807) is 0 Å². The van der Waals surface area contributed by atoms with Crippen molar-refractivity contribution in [2.75, 3.05) is 24.3 Å². The van der Waals surface area contributed by atoms with Gasteiger partial charge in [0.2, 0.25) is 11.8 Å². The van der Waals surface area contributed by atoms with Crippen LogP contribution in [0.4, 0.5) is 11.4 Å². The van der Waals surface area contributed by atoms with Crippen molar-refractivity contribution in [1.82, 2.24) is 5.32 Å². The van der Waals surface area contributed by atoms with E-state index in [1.807, 2.05) is 43.3 Å². The summed E-state index contributed by atoms with van der Waals surface area (Å²) in [6, 6.07) is 7.25. The topological polar surface area (TPSA) is 98.7 Å². The molecule has 1 aromatic carbocycles. The highest BCUT2D eigenvalue weighted by Crippen LogP contribution is 2.17. The fourth-order valence-corrected chi connectivity index (χ4v) is 1.73. The molecule has 1 heterocycles. The number of rotatable bonds is 3. The second-order valence-corrected chi connectivity index (χ2v) is 4.77. The van der Waals surface area contributed by atoms with Crippen LogP contribution in [0.25, 0.3) is 0 Å². The average Bonchev–Trinajstić information content (AvgIpc) is 2.67. The molecular formula is C14H19N3O4. The van der Waals surface area contributed by atoms with E-state index in [0.29, 0.717) is 0 Å². The fraction of sp³-hybridized carbons (Fsp3) is 0.357. The first kappa shape index (κ1) is 16.5. The number of nitrogens with zero attached hydrogens (tertiary/aromatic N) is 1. The molecule has 0 spiro atoms. The Morgan fingerprint density at radius 2 is 1.81 bits per heavy atom. The van der Waals surface area contributed by atoms with Gasteiger partial charge >= 0.3 is 0 Å². The normalized spacial score (nSPS) is 16.6. The summed E-state index contributed by atoms with van der Waals surface area (Å²) >= 11 is 0. The Balaban J connectivity index is 0.000000491. The van der Waals surface area contributed by atoms with E-state index in [2.05, 4.69) is 10.6 Å². The first-order valence-electron chi connectivity index (χ1n) is 6.36. The van der Waals surface area contributed by atoms with Crippen LogP contribution in [-0.2, 0) is 14.4 Å². The van der Waals surface area contributed by atoms with E-state index >= 15 is 0 Å². The molecule has 2 amide bonds. The molecule has 2 rings (SSSR count). The molecule has 1 aliphatic rings. The van der Waals surface area contributed by atoms with Gasteiger partial charge in [0.15, 0.2) is 0 Å². The van der Waals surface area contributed by atoms with Crippen LogP contribution in [0.3, 0.4) is 0 Å². The molecule has 3 N–H and O–H groups in total. The maximum atomic E-state index is 11.4. The SMILES string of the molecule is CC(=O)O.CN(C)c1ccc(NC2CC(=O)NC2=O)cc1. The quantitative estimate of drug-likeness (QED) is 0.709. The van der Waals surface area contributed by atoms with Crippen molar-refractivity contribution in [3.63, 3.8) is 0 Å². The van der Waals surface area contributed by atoms with Crippen LogP contribution < -0.4 is 15.5 Å². The molecule has 114 valence electrons. The summed E-state index contributed by atoms with van der Waals surface area (Å²) in [4.78, 5) is 33.4. The number of carboxylic acids is 1. The zero-order valence-electron chi connectivity index (χ0n) is 12.2. The highest BCUT2D eigenvalue weighted by molar-refractivity contribution is 6.06. The molecule has 0 radical (unpaired) electrons. The molecule has 0 saturated carbocycles. The van der Waals surface area contributed by atoms with Gasteiger partial charge in [0.05, 0.1) is 6.42 Å². The Bertz CT molecular complexity index is 522. The number of hydrogen-bond donors (Lipinski definition) is 3. The Kier molecular flexibility index (Phi) is 5.71. The summed E-state index contributed by atoms with van der Waals surface area (Å²) in [7, 11) is 3.93. The number of imide groups is 1. The third-order valence-corrected chi connectivity index (χ3v) is 2.69. The molecule has 0 aliphatic carbocycles. The first-order chi connectivity index (χ1) is 9.79. The molecule has 1 aromatic rings. The predicted molar refractivity (Wildman–Crippen MR) is 79.3 cm³/mol. The first-order valence-corrected chi connectivity index (χ1v) is 6.36. The summed E-state index contributed by atoms with van der Waals surface area (Å²) in [5.41, 5.74) is 1.92. The Labute approximate surface area is 122 Å². The molecule has 1 fully saturated rings. The zero-order valence-corrected chi connectivity index (χ0v) is 12.2. The minimum absolute atomic E-state index is 0.203. The second-order valence-electron chi connectivity index (χ2n) is 4.77. The van der Waals surface area contributed by atoms with E-state index < -0.39 is 12.0 Å². The van der Waals surface area contributed by atoms with Crippen LogP contribution in [0, 0.1) is 0 Å². The van der Waals surface area contributed by atoms with E-state index in [9.17, 15) is 9.59 Å². The lowest BCUT2D eigenvalue weighted by atomic mass is 10.2. The lowest BCUT2D eigenvalue weighted by Crippen LogP contribution is -2.29. The average molecular weight is 293 g/mol. The van der Waals surface area contributed by atoms with Gasteiger partial charge in [0.25, 0.3) is 5.97 Å². The van der Waals surface area contributed by atoms with E-state index in [1.165, 1.54) is 0 Å². The fourth-order valence-electron chi connectivity index (χ4n) is 1.73. The Morgan fingerprint density at radius 1 is 1.29 bits per heavy atom. The molecule has 0 aromatic heterocycles. The van der Waals surface area contributed by atoms with Crippen molar-refractivity contribution in [3.8, 4) is 0 Å². The van der Waals surface area contributed by atoms with E-state index in [-0.39, 0.29) is 18.2 Å². The lowest BCUT2D eigenvalue weighted by molar-refractivity contribution is -0.134. The van der Waals surface area contributed by atoms with Crippen molar-refractivity contribution in [2.24, 2.45) is 0 Å². The third kappa shape index (κ3) is 5.52. The lowest BCUT2D eigenvalue weighted by Gasteiger charge is -2.14. The van der Waals surface area contributed by atoms with Crippen LogP contribution in [0.5, 0.6) is 0 Å². The minimum atomic E-state index is -0.833. The molecule has 7 nitrogen and oxygen atoms in total. The number of carboxylic acid groups (broad SMARTS) is 1. The molecule has 1 saturated heterocycles. The summed E-state index contributed by atoms with van der Waals surface area (Å²) in [5.74, 6) is -1.32. The molecule has 1 aliphatic heterocycles. The number of aliphatic carboxylic acids is 1. The summed E-state index contributed by atoms with van der Waals surface area (Å²) in [5, 5.41) is 12.7. The Morgan fingerprint density at radius 3 is 2.19 bits per heavy atom. The molecular weight excluding hydrogens is 274 g/mol. The maximum absolute atomic E-state index is 11.4. The van der Waals surface area contributed by atoms with Crippen molar-refractivity contribution in [2.45, 2.75) is 19.4 Å². The van der Waals surface area contributed by atoms with Crippen LogP contribution in [0.15, 0.2) is 24.3 Å². The highest BCUT2D eigenvalue weighted by Gasteiger charge is 2.30. The number of amides is 2. The summed E-state index contributed by atoms with van der Waals surface area (Å²) in [6.07, 6.45) is 0.203. The number of carbonyl (C=O) groups is 3. The third-order valence-electron chi connectivity index (χ3n) is 2.69. The van der Waals surface area contributed by atoms with Crippen molar-refractivity contribution < 1.29 is 19.5 Å². The van der Waals surface area contributed by atoms with Crippen molar-refractivity contribution in [1.29, 1.82) is 0 Å². The van der Waals surface area contributed by atoms with Crippen LogP contribution in [0.2, 0.25) is 0 Å². The van der Waals surface area contributed by atoms with Gasteiger partial charge < -0.3 is 15.3 Å². The van der Waals surface area contributed by atoms with Gasteiger partial charge in [0, 0.05) is 32.4 Å². The highest BCUT2D eigenvalue weighted by atomic mass is 16.4. The minimum Gasteiger partial charge on any atom is -0.481 e. The van der Waals surface area contributed by atoms with Crippen molar-refractivity contribution in [3.05, 3.63) is 24.3 Å². The maximum Gasteiger partial charge on any atom is 0.300 e. The van der Waals surface area contributed by atoms with E-state index in [4.69, 9.17) is 9.90 Å². The van der Waals surface area contributed by atoms with Gasteiger partial charge in [-0.05, 0) is 24.3 Å². The predicted octanol–water partition coefficient (Wildman–Crippen LogP) is 0.671. The van der Waals surface area contributed by atoms with Gasteiger partial charge in [-0.25, -0.2) is 0 Å². The van der Waals surface area contributed by atoms with Crippen LogP contribution in [-0.4, -0.2) is 43.0 Å². The van der Waals surface area contributed by atoms with Gasteiger partial charge in [-0.3, -0.25) is 19.7 Å². The molecule has 7 heteroatoms. The number of benzene rings is 1. The smallest absolute Gasteiger partial charge is 0.300 e. The van der Waals surface area contributed by atoms with Gasteiger partial charge in [0.1, 0.15) is 6.04 Å². The molecule has 1 unspecified atom stereocenters. The largest absolute Gasteiger partial charge is 0.481 e. The van der Waals surface area contributed by atoms with Gasteiger partial charge in [-0.1, -0.05) is 0 Å². The Hall–Kier alpha value is -2.57. The van der Waals surface area contributed by atoms with Crippen molar-refractivity contribution >= 4 is 29.2 Å². The monoisotopic (exact) mass is 293 g/mol. The van der Waals surface area contributed by atoms with Crippen LogP contribution in [0.1, 0.15) is 13.3 Å². The summed E-state index contributed by atoms with van der Waals surface area (Å²) in [6.45, 7) is 1.08. The number of carbonyl (C=O) groups excluding carboxylic acids is 2. The molecule has 1 atom stereocenters. The number of hydrogen-bond acceptors (Lipinski definition) is 5. The van der Waals surface area contributed by atoms with Crippen LogP contribution >= 0.6 is 0 Å². The van der Waals surface area contributed by atoms with Gasteiger partial charge in [-0.2, -0.15) is 0 Å². The standard InChI is InChI=1S/C12H15N3O2.C2H4O2/c1-15(2)9-5-3-8(4-6-9)13-10-7-11(16)14-12(10)17;1-2(3)4/h3-6,10,13H,7H2,1-2H3,(H,14,16,17);1H3,(H,3,4). The zero-order chi connectivity index (χ0) is 16.0.